The molecule has 1 aromatic heterocycles. The number of hydrogen-bond acceptors (Lipinski definition) is 6. The van der Waals surface area contributed by atoms with Crippen molar-refractivity contribution in [2.24, 2.45) is 0 Å². The highest BCUT2D eigenvalue weighted by molar-refractivity contribution is 6.42. The van der Waals surface area contributed by atoms with E-state index in [2.05, 4.69) is 15.1 Å². The molecule has 2 aromatic rings. The van der Waals surface area contributed by atoms with E-state index >= 15 is 0 Å². The van der Waals surface area contributed by atoms with Crippen molar-refractivity contribution >= 4 is 34.8 Å². The van der Waals surface area contributed by atoms with Crippen LogP contribution in [0.5, 0.6) is 5.75 Å². The van der Waals surface area contributed by atoms with Crippen LogP contribution < -0.4 is 20.4 Å². The third kappa shape index (κ3) is 5.47. The minimum absolute atomic E-state index is 0.0501. The van der Waals surface area contributed by atoms with Crippen molar-refractivity contribution in [3.63, 3.8) is 0 Å². The first-order valence-corrected chi connectivity index (χ1v) is 10.7. The third-order valence-corrected chi connectivity index (χ3v) is 5.91. The molecule has 7 nitrogen and oxygen atoms in total. The van der Waals surface area contributed by atoms with E-state index in [0.29, 0.717) is 22.4 Å². The molecule has 1 N–H and O–H groups in total. The average Bonchev–Trinajstić information content (AvgIpc) is 3.54. The van der Waals surface area contributed by atoms with Crippen LogP contribution in [0.25, 0.3) is 0 Å². The van der Waals surface area contributed by atoms with E-state index in [9.17, 15) is 9.59 Å². The van der Waals surface area contributed by atoms with Crippen molar-refractivity contribution in [3.05, 3.63) is 56.6 Å². The van der Waals surface area contributed by atoms with Crippen LogP contribution in [-0.4, -0.2) is 49.6 Å². The van der Waals surface area contributed by atoms with Crippen LogP contribution in [0.15, 0.2) is 39.7 Å². The summed E-state index contributed by atoms with van der Waals surface area (Å²) in [7, 11) is 0. The number of hydrogen-bond donors (Lipinski definition) is 1. The lowest BCUT2D eigenvalue weighted by Gasteiger charge is -2.35. The molecular weight excluding hydrogens is 429 g/mol. The van der Waals surface area contributed by atoms with E-state index in [0.717, 1.165) is 44.7 Å². The summed E-state index contributed by atoms with van der Waals surface area (Å²) in [5, 5.41) is 3.90. The number of piperazine rings is 1. The van der Waals surface area contributed by atoms with Crippen molar-refractivity contribution in [2.45, 2.75) is 25.4 Å². The molecule has 2 fully saturated rings. The van der Waals surface area contributed by atoms with Gasteiger partial charge in [0, 0.05) is 44.0 Å². The highest BCUT2D eigenvalue weighted by Gasteiger charge is 2.23. The Labute approximate surface area is 184 Å². The molecule has 4 rings (SSSR count). The van der Waals surface area contributed by atoms with Gasteiger partial charge >= 0.3 is 0 Å². The van der Waals surface area contributed by atoms with Crippen LogP contribution in [0.4, 0.5) is 5.69 Å². The molecule has 0 atom stereocenters. The second-order valence-electron chi connectivity index (χ2n) is 7.57. The number of ether oxygens (including phenoxy) is 1. The lowest BCUT2D eigenvalue weighted by molar-refractivity contribution is -0.123. The van der Waals surface area contributed by atoms with Crippen LogP contribution in [0.1, 0.15) is 18.6 Å². The highest BCUT2D eigenvalue weighted by Crippen LogP contribution is 2.28. The fraction of sp³-hybridized carbons (Fsp3) is 0.429. The summed E-state index contributed by atoms with van der Waals surface area (Å²) in [4.78, 5) is 28.4. The number of amides is 1. The van der Waals surface area contributed by atoms with Crippen molar-refractivity contribution in [2.75, 3.05) is 37.7 Å². The van der Waals surface area contributed by atoms with Gasteiger partial charge in [0.05, 0.1) is 16.6 Å². The minimum Gasteiger partial charge on any atom is -0.477 e. The first-order chi connectivity index (χ1) is 14.5. The van der Waals surface area contributed by atoms with E-state index in [1.165, 1.54) is 12.3 Å². The van der Waals surface area contributed by atoms with Gasteiger partial charge in [0.1, 0.15) is 12.0 Å². The Morgan fingerprint density at radius 1 is 1.13 bits per heavy atom. The molecule has 0 spiro atoms. The van der Waals surface area contributed by atoms with E-state index in [1.54, 1.807) is 6.07 Å². The van der Waals surface area contributed by atoms with Crippen LogP contribution in [0, 0.1) is 0 Å². The van der Waals surface area contributed by atoms with Crippen LogP contribution in [0.3, 0.4) is 0 Å². The number of carbonyl (C=O) groups excluding carboxylic acids is 1. The second-order valence-corrected chi connectivity index (χ2v) is 8.38. The zero-order valence-electron chi connectivity index (χ0n) is 16.4. The molecule has 30 heavy (non-hydrogen) atoms. The predicted molar refractivity (Wildman–Crippen MR) is 116 cm³/mol. The Kier molecular flexibility index (Phi) is 6.51. The van der Waals surface area contributed by atoms with Gasteiger partial charge in [0.15, 0.2) is 6.61 Å². The molecule has 1 aromatic carbocycles. The van der Waals surface area contributed by atoms with Crippen LogP contribution >= 0.6 is 23.2 Å². The van der Waals surface area contributed by atoms with Gasteiger partial charge in [-0.25, -0.2) is 0 Å². The lowest BCUT2D eigenvalue weighted by atomic mass is 10.2. The van der Waals surface area contributed by atoms with Crippen molar-refractivity contribution in [3.8, 4) is 5.75 Å². The second kappa shape index (κ2) is 9.29. The van der Waals surface area contributed by atoms with Gasteiger partial charge in [0.2, 0.25) is 11.2 Å². The maximum atomic E-state index is 12.3. The first kappa shape index (κ1) is 21.0. The average molecular weight is 452 g/mol. The van der Waals surface area contributed by atoms with Gasteiger partial charge in [-0.15, -0.1) is 0 Å². The number of nitrogens with zero attached hydrogens (tertiary/aromatic N) is 2. The van der Waals surface area contributed by atoms with Gasteiger partial charge in [-0.2, -0.15) is 0 Å². The summed E-state index contributed by atoms with van der Waals surface area (Å²) < 4.78 is 10.9. The lowest BCUT2D eigenvalue weighted by Crippen LogP contribution is -2.46. The number of anilines is 1. The Balaban J connectivity index is 1.27. The number of nitrogens with one attached hydrogen (secondary N) is 1. The first-order valence-electron chi connectivity index (χ1n) is 9.94. The van der Waals surface area contributed by atoms with Crippen molar-refractivity contribution < 1.29 is 13.9 Å². The fourth-order valence-corrected chi connectivity index (χ4v) is 3.63. The summed E-state index contributed by atoms with van der Waals surface area (Å²) in [5.74, 6) is 0.396. The third-order valence-electron chi connectivity index (χ3n) is 5.17. The fourth-order valence-electron chi connectivity index (χ4n) is 3.33. The Bertz CT molecular complexity index is 969. The SMILES string of the molecule is O=C(COc1coc(CN2CCN(c3ccc(Cl)c(Cl)c3)CC2)cc1=O)NC1CC1. The van der Waals surface area contributed by atoms with Crippen molar-refractivity contribution in [1.29, 1.82) is 0 Å². The zero-order valence-corrected chi connectivity index (χ0v) is 17.9. The highest BCUT2D eigenvalue weighted by atomic mass is 35.5. The monoisotopic (exact) mass is 451 g/mol. The number of benzene rings is 1. The maximum absolute atomic E-state index is 12.3. The van der Waals surface area contributed by atoms with Crippen LogP contribution in [0.2, 0.25) is 10.0 Å². The zero-order chi connectivity index (χ0) is 21.1. The molecule has 0 unspecified atom stereocenters. The largest absolute Gasteiger partial charge is 0.477 e. The Hall–Kier alpha value is -2.22. The molecule has 1 saturated carbocycles. The molecule has 1 aliphatic carbocycles. The minimum atomic E-state index is -0.287. The predicted octanol–water partition coefficient (Wildman–Crippen LogP) is 2.93. The molecule has 1 amide bonds. The van der Waals surface area contributed by atoms with Gasteiger partial charge in [0.25, 0.3) is 5.91 Å². The topological polar surface area (TPSA) is 75.0 Å². The van der Waals surface area contributed by atoms with Gasteiger partial charge in [-0.1, -0.05) is 23.2 Å². The molecule has 9 heteroatoms. The standard InChI is InChI=1S/C21H23Cl2N3O4/c22-17-4-3-15(9-18(17)23)26-7-5-25(6-8-26)11-16-10-19(27)20(12-29-16)30-13-21(28)24-14-1-2-14/h3-4,9-10,12,14H,1-2,5-8,11,13H2,(H,24,28). The molecule has 2 heterocycles. The molecule has 160 valence electrons. The Morgan fingerprint density at radius 3 is 2.57 bits per heavy atom. The number of rotatable bonds is 7. The summed E-state index contributed by atoms with van der Waals surface area (Å²) >= 11 is 12.1. The molecule has 0 radical (unpaired) electrons. The quantitative estimate of drug-likeness (QED) is 0.697. The van der Waals surface area contributed by atoms with Gasteiger partial charge < -0.3 is 19.4 Å². The smallest absolute Gasteiger partial charge is 0.258 e. The van der Waals surface area contributed by atoms with E-state index in [-0.39, 0.29) is 29.7 Å². The molecule has 1 aliphatic heterocycles. The van der Waals surface area contributed by atoms with Crippen molar-refractivity contribution in [1.82, 2.24) is 10.2 Å². The summed E-state index contributed by atoms with van der Waals surface area (Å²) in [6, 6.07) is 7.34. The molecular formula is C21H23Cl2N3O4. The number of carbonyl (C=O) groups is 1. The summed E-state index contributed by atoms with van der Waals surface area (Å²) in [5.41, 5.74) is 0.757. The van der Waals surface area contributed by atoms with Gasteiger partial charge in [-0.05, 0) is 31.0 Å². The van der Waals surface area contributed by atoms with E-state index in [4.69, 9.17) is 32.4 Å². The van der Waals surface area contributed by atoms with Crippen LogP contribution in [-0.2, 0) is 11.3 Å². The molecule has 0 bridgehead atoms. The normalized spacial score (nSPS) is 17.1. The van der Waals surface area contributed by atoms with E-state index < -0.39 is 0 Å². The van der Waals surface area contributed by atoms with E-state index in [1.807, 2.05) is 12.1 Å². The summed E-state index contributed by atoms with van der Waals surface area (Å²) in [6.07, 6.45) is 3.29. The van der Waals surface area contributed by atoms with Gasteiger partial charge in [-0.3, -0.25) is 14.5 Å². The number of halogens is 2. The molecule has 2 aliphatic rings. The summed E-state index contributed by atoms with van der Waals surface area (Å²) in [6.45, 7) is 3.66. The Morgan fingerprint density at radius 2 is 1.90 bits per heavy atom. The maximum Gasteiger partial charge on any atom is 0.258 e. The molecule has 1 saturated heterocycles.